The number of nitrogens with one attached hydrogen (secondary N) is 1. The van der Waals surface area contributed by atoms with Crippen LogP contribution in [0.1, 0.15) is 29.4 Å². The highest BCUT2D eigenvalue weighted by molar-refractivity contribution is 7.19. The quantitative estimate of drug-likeness (QED) is 0.623. The monoisotopic (exact) mass is 381 g/mol. The molecule has 0 aliphatic rings. The predicted molar refractivity (Wildman–Crippen MR) is 105 cm³/mol. The molecule has 0 bridgehead atoms. The molecule has 3 rings (SSSR count). The van der Waals surface area contributed by atoms with E-state index in [0.29, 0.717) is 22.9 Å². The first-order valence-electron chi connectivity index (χ1n) is 8.51. The highest BCUT2D eigenvalue weighted by Crippen LogP contribution is 2.31. The summed E-state index contributed by atoms with van der Waals surface area (Å²) < 4.78 is 5.47. The normalized spacial score (nSPS) is 10.4. The van der Waals surface area contributed by atoms with Crippen molar-refractivity contribution in [3.8, 4) is 16.3 Å². The largest absolute Gasteiger partial charge is 0.484 e. The van der Waals surface area contributed by atoms with E-state index in [-0.39, 0.29) is 18.3 Å². The van der Waals surface area contributed by atoms with Crippen LogP contribution in [0, 0.1) is 6.92 Å². The summed E-state index contributed by atoms with van der Waals surface area (Å²) in [5, 5.41) is 3.25. The number of ketones is 1. The minimum absolute atomic E-state index is 0.0714. The van der Waals surface area contributed by atoms with Gasteiger partial charge in [-0.25, -0.2) is 4.98 Å². The van der Waals surface area contributed by atoms with Crippen LogP contribution < -0.4 is 10.1 Å². The zero-order valence-corrected chi connectivity index (χ0v) is 15.9. The summed E-state index contributed by atoms with van der Waals surface area (Å²) >= 11 is 1.37. The van der Waals surface area contributed by atoms with Gasteiger partial charge in [-0.2, -0.15) is 0 Å². The number of aryl methyl sites for hydroxylation is 1. The fraction of sp³-hybridized carbons (Fsp3) is 0.200. The van der Waals surface area contributed by atoms with Gasteiger partial charge in [-0.05, 0) is 43.3 Å². The number of Topliss-reactive ketones (excluding diaryl/α,β-unsaturated/α-hetero) is 1. The minimum atomic E-state index is -0.301. The molecule has 6 nitrogen and oxygen atoms in total. The standard InChI is InChI=1S/C20H19N3O3S/c1-3-17(24)14-7-9-15(10-8-14)26-12-18(25)23-20-22-13(2)19(27-20)16-6-4-5-11-21-16/h4-11H,3,12H2,1-2H3,(H,22,23,25). The molecular weight excluding hydrogens is 362 g/mol. The molecule has 0 radical (unpaired) electrons. The Labute approximate surface area is 161 Å². The molecule has 0 fully saturated rings. The molecule has 0 spiro atoms. The molecule has 1 aromatic carbocycles. The number of hydrogen-bond acceptors (Lipinski definition) is 6. The van der Waals surface area contributed by atoms with Crippen molar-refractivity contribution in [2.24, 2.45) is 0 Å². The number of carbonyl (C=O) groups excluding carboxylic acids is 2. The Morgan fingerprint density at radius 1 is 1.15 bits per heavy atom. The van der Waals surface area contributed by atoms with Crippen molar-refractivity contribution < 1.29 is 14.3 Å². The van der Waals surface area contributed by atoms with Crippen molar-refractivity contribution in [2.45, 2.75) is 20.3 Å². The second-order valence-electron chi connectivity index (χ2n) is 5.79. The summed E-state index contributed by atoms with van der Waals surface area (Å²) in [5.74, 6) is 0.300. The molecule has 0 saturated carbocycles. The third kappa shape index (κ3) is 4.77. The third-order valence-corrected chi connectivity index (χ3v) is 4.90. The zero-order chi connectivity index (χ0) is 19.2. The zero-order valence-electron chi connectivity index (χ0n) is 15.1. The summed E-state index contributed by atoms with van der Waals surface area (Å²) in [6.07, 6.45) is 2.18. The number of carbonyl (C=O) groups is 2. The minimum Gasteiger partial charge on any atom is -0.484 e. The van der Waals surface area contributed by atoms with Gasteiger partial charge in [0.25, 0.3) is 5.91 Å². The van der Waals surface area contributed by atoms with E-state index in [2.05, 4.69) is 15.3 Å². The molecule has 2 aromatic heterocycles. The molecule has 0 aliphatic heterocycles. The van der Waals surface area contributed by atoms with Gasteiger partial charge in [0.05, 0.1) is 16.3 Å². The van der Waals surface area contributed by atoms with Gasteiger partial charge in [0.15, 0.2) is 17.5 Å². The van der Waals surface area contributed by atoms with Gasteiger partial charge in [-0.1, -0.05) is 24.3 Å². The highest BCUT2D eigenvalue weighted by atomic mass is 32.1. The SMILES string of the molecule is CCC(=O)c1ccc(OCC(=O)Nc2nc(C)c(-c3ccccn3)s2)cc1. The van der Waals surface area contributed by atoms with Crippen molar-refractivity contribution in [3.63, 3.8) is 0 Å². The van der Waals surface area contributed by atoms with Gasteiger partial charge in [0, 0.05) is 18.2 Å². The van der Waals surface area contributed by atoms with Crippen LogP contribution in [-0.2, 0) is 4.79 Å². The van der Waals surface area contributed by atoms with Gasteiger partial charge in [-0.15, -0.1) is 0 Å². The second kappa shape index (κ2) is 8.55. The number of pyridine rings is 1. The summed E-state index contributed by atoms with van der Waals surface area (Å²) in [6, 6.07) is 12.4. The summed E-state index contributed by atoms with van der Waals surface area (Å²) in [7, 11) is 0. The van der Waals surface area contributed by atoms with Gasteiger partial charge >= 0.3 is 0 Å². The average molecular weight is 381 g/mol. The van der Waals surface area contributed by atoms with Crippen LogP contribution in [0.3, 0.4) is 0 Å². The van der Waals surface area contributed by atoms with Crippen LogP contribution in [0.5, 0.6) is 5.75 Å². The van der Waals surface area contributed by atoms with Crippen LogP contribution >= 0.6 is 11.3 Å². The maximum atomic E-state index is 12.1. The Bertz CT molecular complexity index is 937. The van der Waals surface area contributed by atoms with E-state index in [1.807, 2.05) is 32.0 Å². The molecule has 7 heteroatoms. The number of benzene rings is 1. The number of hydrogen-bond donors (Lipinski definition) is 1. The Morgan fingerprint density at radius 2 is 1.93 bits per heavy atom. The van der Waals surface area contributed by atoms with E-state index >= 15 is 0 Å². The maximum absolute atomic E-state index is 12.1. The number of nitrogens with zero attached hydrogens (tertiary/aromatic N) is 2. The molecule has 0 atom stereocenters. The van der Waals surface area contributed by atoms with Gasteiger partial charge in [0.1, 0.15) is 5.75 Å². The number of aromatic nitrogens is 2. The molecule has 2 heterocycles. The first-order valence-corrected chi connectivity index (χ1v) is 9.33. The number of amides is 1. The lowest BCUT2D eigenvalue weighted by Gasteiger charge is -2.06. The lowest BCUT2D eigenvalue weighted by atomic mass is 10.1. The summed E-state index contributed by atoms with van der Waals surface area (Å²) in [6.45, 7) is 3.56. The number of rotatable bonds is 7. The Balaban J connectivity index is 1.58. The topological polar surface area (TPSA) is 81.2 Å². The molecule has 1 N–H and O–H groups in total. The van der Waals surface area contributed by atoms with Crippen molar-refractivity contribution >= 4 is 28.2 Å². The Kier molecular flexibility index (Phi) is 5.93. The van der Waals surface area contributed by atoms with Crippen LogP contribution in [0.15, 0.2) is 48.7 Å². The van der Waals surface area contributed by atoms with Crippen molar-refractivity contribution in [2.75, 3.05) is 11.9 Å². The van der Waals surface area contributed by atoms with Crippen molar-refractivity contribution in [1.29, 1.82) is 0 Å². The maximum Gasteiger partial charge on any atom is 0.264 e. The molecule has 0 aliphatic carbocycles. The Hall–Kier alpha value is -3.06. The van der Waals surface area contributed by atoms with E-state index in [1.165, 1.54) is 11.3 Å². The Morgan fingerprint density at radius 3 is 2.59 bits per heavy atom. The second-order valence-corrected chi connectivity index (χ2v) is 6.79. The summed E-state index contributed by atoms with van der Waals surface area (Å²) in [5.41, 5.74) is 2.27. The number of anilines is 1. The van der Waals surface area contributed by atoms with Crippen LogP contribution in [-0.4, -0.2) is 28.3 Å². The van der Waals surface area contributed by atoms with E-state index in [4.69, 9.17) is 4.74 Å². The molecule has 138 valence electrons. The van der Waals surface area contributed by atoms with E-state index in [1.54, 1.807) is 30.5 Å². The van der Waals surface area contributed by atoms with E-state index < -0.39 is 0 Å². The smallest absolute Gasteiger partial charge is 0.264 e. The van der Waals surface area contributed by atoms with Crippen molar-refractivity contribution in [1.82, 2.24) is 9.97 Å². The first-order chi connectivity index (χ1) is 13.1. The number of ether oxygens (including phenoxy) is 1. The van der Waals surface area contributed by atoms with Gasteiger partial charge < -0.3 is 4.74 Å². The fourth-order valence-electron chi connectivity index (χ4n) is 2.43. The first kappa shape index (κ1) is 18.7. The van der Waals surface area contributed by atoms with E-state index in [9.17, 15) is 9.59 Å². The third-order valence-electron chi connectivity index (χ3n) is 3.81. The van der Waals surface area contributed by atoms with Crippen molar-refractivity contribution in [3.05, 3.63) is 59.9 Å². The summed E-state index contributed by atoms with van der Waals surface area (Å²) in [4.78, 5) is 33.3. The van der Waals surface area contributed by atoms with Gasteiger partial charge in [-0.3, -0.25) is 19.9 Å². The molecule has 1 amide bonds. The molecule has 0 saturated heterocycles. The molecular formula is C20H19N3O3S. The number of thiazole rings is 1. The van der Waals surface area contributed by atoms with E-state index in [0.717, 1.165) is 16.3 Å². The molecule has 27 heavy (non-hydrogen) atoms. The molecule has 3 aromatic rings. The lowest BCUT2D eigenvalue weighted by molar-refractivity contribution is -0.118. The highest BCUT2D eigenvalue weighted by Gasteiger charge is 2.13. The molecule has 0 unspecified atom stereocenters. The average Bonchev–Trinajstić information content (AvgIpc) is 3.06. The van der Waals surface area contributed by atoms with Gasteiger partial charge in [0.2, 0.25) is 0 Å². The van der Waals surface area contributed by atoms with Crippen LogP contribution in [0.2, 0.25) is 0 Å². The van der Waals surface area contributed by atoms with Crippen LogP contribution in [0.25, 0.3) is 10.6 Å². The fourth-order valence-corrected chi connectivity index (χ4v) is 3.39. The predicted octanol–water partition coefficient (Wildman–Crippen LogP) is 4.12. The lowest BCUT2D eigenvalue weighted by Crippen LogP contribution is -2.20. The van der Waals surface area contributed by atoms with Crippen LogP contribution in [0.4, 0.5) is 5.13 Å².